The predicted molar refractivity (Wildman–Crippen MR) is 58.9 cm³/mol. The average molecular weight is 373 g/mol. The summed E-state index contributed by atoms with van der Waals surface area (Å²) in [5.74, 6) is 0. The Morgan fingerprint density at radius 2 is 2.29 bits per heavy atom. The number of hydrogen-bond donors (Lipinski definition) is 0. The molecule has 0 amide bonds. The van der Waals surface area contributed by atoms with Crippen LogP contribution in [-0.2, 0) is 6.42 Å². The van der Waals surface area contributed by atoms with Gasteiger partial charge < -0.3 is 0 Å². The predicted octanol–water partition coefficient (Wildman–Crippen LogP) is 3.45. The summed E-state index contributed by atoms with van der Waals surface area (Å²) in [7, 11) is 0. The lowest BCUT2D eigenvalue weighted by Crippen LogP contribution is -1.99. The maximum atomic E-state index is 12.5. The molecule has 0 unspecified atom stereocenters. The molecule has 0 aromatic carbocycles. The van der Waals surface area contributed by atoms with Gasteiger partial charge >= 0.3 is 0 Å². The highest BCUT2D eigenvalue weighted by Gasteiger charge is 2.17. The second-order valence-corrected chi connectivity index (χ2v) is 4.31. The normalized spacial score (nSPS) is 10.3. The third-order valence-electron chi connectivity index (χ3n) is 1.49. The highest BCUT2D eigenvalue weighted by atomic mass is 127. The molecule has 14 heavy (non-hydrogen) atoms. The first-order chi connectivity index (χ1) is 6.56. The van der Waals surface area contributed by atoms with Gasteiger partial charge in [-0.25, -0.2) is 13.8 Å². The number of alkyl halides is 2. The van der Waals surface area contributed by atoms with Gasteiger partial charge in [-0.05, 0) is 28.7 Å². The Morgan fingerprint density at radius 1 is 1.64 bits per heavy atom. The topological polar surface area (TPSA) is 36.7 Å². The Bertz CT molecular complexity index is 366. The van der Waals surface area contributed by atoms with Crippen LogP contribution in [0.3, 0.4) is 0 Å². The molecule has 1 aromatic heterocycles. The molecule has 74 valence electrons. The van der Waals surface area contributed by atoms with E-state index in [0.717, 1.165) is 0 Å². The van der Waals surface area contributed by atoms with Crippen molar-refractivity contribution in [1.82, 2.24) is 4.98 Å². The molecule has 0 atom stereocenters. The van der Waals surface area contributed by atoms with E-state index in [0.29, 0.717) is 10.2 Å². The molecule has 0 radical (unpaired) electrons. The molecule has 0 bridgehead atoms. The van der Waals surface area contributed by atoms with Gasteiger partial charge in [0.15, 0.2) is 0 Å². The van der Waals surface area contributed by atoms with Crippen molar-refractivity contribution in [2.75, 3.05) is 0 Å². The summed E-state index contributed by atoms with van der Waals surface area (Å²) in [4.78, 5) is 3.90. The lowest BCUT2D eigenvalue weighted by atomic mass is 10.2. The molecule has 0 aliphatic heterocycles. The van der Waals surface area contributed by atoms with Gasteiger partial charge in [0, 0.05) is 4.47 Å². The van der Waals surface area contributed by atoms with Crippen LogP contribution in [0.5, 0.6) is 0 Å². The minimum atomic E-state index is -2.56. The number of pyridine rings is 1. The third-order valence-corrected chi connectivity index (χ3v) is 2.97. The summed E-state index contributed by atoms with van der Waals surface area (Å²) < 4.78 is 25.5. The summed E-state index contributed by atoms with van der Waals surface area (Å²) in [5, 5.41) is 8.42. The molecule has 0 fully saturated rings. The molecule has 2 nitrogen and oxygen atoms in total. The number of aromatic nitrogens is 1. The molecule has 0 aliphatic carbocycles. The first-order valence-corrected chi connectivity index (χ1v) is 5.43. The summed E-state index contributed by atoms with van der Waals surface area (Å²) in [5.41, 5.74) is 0.375. The molecular formula is C8H4BrF2IN2. The molecule has 1 heterocycles. The summed E-state index contributed by atoms with van der Waals surface area (Å²) >= 11 is 4.77. The number of hydrogen-bond acceptors (Lipinski definition) is 2. The molecule has 0 aliphatic rings. The molecule has 0 N–H and O–H groups in total. The van der Waals surface area contributed by atoms with Gasteiger partial charge in [0.2, 0.25) is 0 Å². The van der Waals surface area contributed by atoms with Crippen LogP contribution in [0.1, 0.15) is 17.7 Å². The fourth-order valence-electron chi connectivity index (χ4n) is 0.907. The Balaban J connectivity index is 3.19. The Morgan fingerprint density at radius 3 is 2.71 bits per heavy atom. The lowest BCUT2D eigenvalue weighted by Gasteiger charge is -2.06. The highest BCUT2D eigenvalue weighted by molar-refractivity contribution is 14.1. The molecule has 1 rings (SSSR count). The van der Waals surface area contributed by atoms with E-state index in [1.54, 1.807) is 22.6 Å². The first kappa shape index (κ1) is 11.8. The maximum Gasteiger partial charge on any atom is 0.267 e. The largest absolute Gasteiger partial charge is 0.267 e. The Kier molecular flexibility index (Phi) is 4.19. The average Bonchev–Trinajstić information content (AvgIpc) is 2.01. The van der Waals surface area contributed by atoms with E-state index in [-0.39, 0.29) is 15.7 Å². The summed E-state index contributed by atoms with van der Waals surface area (Å²) in [6.07, 6.45) is -2.43. The highest BCUT2D eigenvalue weighted by Crippen LogP contribution is 2.31. The van der Waals surface area contributed by atoms with E-state index in [1.807, 2.05) is 6.07 Å². The quantitative estimate of drug-likeness (QED) is 0.589. The molecule has 1 aromatic rings. The molecule has 0 saturated carbocycles. The van der Waals surface area contributed by atoms with Crippen LogP contribution in [0, 0.1) is 15.0 Å². The van der Waals surface area contributed by atoms with E-state index in [4.69, 9.17) is 5.26 Å². The second kappa shape index (κ2) is 4.98. The maximum absolute atomic E-state index is 12.5. The van der Waals surface area contributed by atoms with Crippen LogP contribution in [0.15, 0.2) is 10.5 Å². The zero-order chi connectivity index (χ0) is 10.7. The van der Waals surface area contributed by atoms with Gasteiger partial charge in [0.25, 0.3) is 6.43 Å². The summed E-state index contributed by atoms with van der Waals surface area (Å²) in [6, 6.07) is 3.36. The lowest BCUT2D eigenvalue weighted by molar-refractivity contribution is 0.149. The molecule has 0 saturated heterocycles. The Hall–Kier alpha value is -0.290. The van der Waals surface area contributed by atoms with Crippen molar-refractivity contribution >= 4 is 38.5 Å². The zero-order valence-electron chi connectivity index (χ0n) is 6.77. The second-order valence-electron chi connectivity index (χ2n) is 2.44. The SMILES string of the molecule is N#CCc1cc(Br)c(C(F)F)c(I)n1. The summed E-state index contributed by atoms with van der Waals surface area (Å²) in [6.45, 7) is 0. The van der Waals surface area contributed by atoms with Gasteiger partial charge in [-0.15, -0.1) is 0 Å². The van der Waals surface area contributed by atoms with Crippen molar-refractivity contribution < 1.29 is 8.78 Å². The van der Waals surface area contributed by atoms with Gasteiger partial charge in [-0.1, -0.05) is 15.9 Å². The first-order valence-electron chi connectivity index (χ1n) is 3.56. The minimum Gasteiger partial charge on any atom is -0.245 e. The Labute approximate surface area is 102 Å². The molecular weight excluding hydrogens is 369 g/mol. The van der Waals surface area contributed by atoms with Gasteiger partial charge in [-0.3, -0.25) is 0 Å². The number of halogens is 4. The number of nitrogens with zero attached hydrogens (tertiary/aromatic N) is 2. The van der Waals surface area contributed by atoms with Crippen LogP contribution in [0.2, 0.25) is 0 Å². The van der Waals surface area contributed by atoms with Crippen LogP contribution in [0.4, 0.5) is 8.78 Å². The van der Waals surface area contributed by atoms with Crippen molar-refractivity contribution in [2.45, 2.75) is 12.8 Å². The monoisotopic (exact) mass is 372 g/mol. The van der Waals surface area contributed by atoms with Crippen molar-refractivity contribution in [3.05, 3.63) is 25.5 Å². The smallest absolute Gasteiger partial charge is 0.245 e. The van der Waals surface area contributed by atoms with E-state index in [2.05, 4.69) is 20.9 Å². The fourth-order valence-corrected chi connectivity index (χ4v) is 2.74. The van der Waals surface area contributed by atoms with Crippen molar-refractivity contribution in [3.8, 4) is 6.07 Å². The minimum absolute atomic E-state index is 0.118. The van der Waals surface area contributed by atoms with Crippen LogP contribution < -0.4 is 0 Å². The van der Waals surface area contributed by atoms with Gasteiger partial charge in [-0.2, -0.15) is 5.26 Å². The van der Waals surface area contributed by atoms with Crippen LogP contribution >= 0.6 is 38.5 Å². The van der Waals surface area contributed by atoms with Crippen molar-refractivity contribution in [3.63, 3.8) is 0 Å². The van der Waals surface area contributed by atoms with E-state index < -0.39 is 6.43 Å². The van der Waals surface area contributed by atoms with E-state index in [9.17, 15) is 8.78 Å². The number of rotatable bonds is 2. The van der Waals surface area contributed by atoms with E-state index in [1.165, 1.54) is 6.07 Å². The van der Waals surface area contributed by atoms with Gasteiger partial charge in [0.1, 0.15) is 3.70 Å². The van der Waals surface area contributed by atoms with Crippen molar-refractivity contribution in [2.24, 2.45) is 0 Å². The van der Waals surface area contributed by atoms with Gasteiger partial charge in [0.05, 0.1) is 23.7 Å². The van der Waals surface area contributed by atoms with Crippen LogP contribution in [-0.4, -0.2) is 4.98 Å². The molecule has 0 spiro atoms. The zero-order valence-corrected chi connectivity index (χ0v) is 10.5. The third kappa shape index (κ3) is 2.60. The fraction of sp³-hybridized carbons (Fsp3) is 0.250. The number of nitriles is 1. The van der Waals surface area contributed by atoms with E-state index >= 15 is 0 Å². The molecule has 6 heteroatoms. The standard InChI is InChI=1S/C8H4BrF2IN2/c9-5-3-4(1-2-13)14-8(12)6(5)7(10)11/h3,7H,1H2. The van der Waals surface area contributed by atoms with Crippen molar-refractivity contribution in [1.29, 1.82) is 5.26 Å². The van der Waals surface area contributed by atoms with Crippen LogP contribution in [0.25, 0.3) is 0 Å².